The van der Waals surface area contributed by atoms with Gasteiger partial charge in [-0.05, 0) is 67.6 Å². The molecule has 188 valence electrons. The predicted octanol–water partition coefficient (Wildman–Crippen LogP) is 2.43. The first-order valence-corrected chi connectivity index (χ1v) is 13.1. The summed E-state index contributed by atoms with van der Waals surface area (Å²) in [5.74, 6) is 1.62. The zero-order chi connectivity index (χ0) is 24.8. The molecule has 4 atom stereocenters. The first-order chi connectivity index (χ1) is 17.5. The number of rotatable bonds is 3. The molecule has 3 aliphatic heterocycles. The Kier molecular flexibility index (Phi) is 5.90. The maximum Gasteiger partial charge on any atom is 0.264 e. The summed E-state index contributed by atoms with van der Waals surface area (Å²) in [5, 5.41) is 6.02. The molecule has 4 aliphatic rings. The topological polar surface area (TPSA) is 101 Å². The van der Waals surface area contributed by atoms with Crippen molar-refractivity contribution in [2.24, 2.45) is 11.8 Å². The zero-order valence-electron chi connectivity index (χ0n) is 20.6. The number of para-hydroxylation sites is 1. The molecule has 2 fully saturated rings. The van der Waals surface area contributed by atoms with Crippen LogP contribution >= 0.6 is 0 Å². The number of pyridine rings is 1. The van der Waals surface area contributed by atoms with Gasteiger partial charge in [0.15, 0.2) is 6.10 Å². The monoisotopic (exact) mass is 488 g/mol. The Labute approximate surface area is 210 Å². The van der Waals surface area contributed by atoms with E-state index in [0.717, 1.165) is 61.2 Å². The molecule has 1 saturated heterocycles. The molecule has 8 nitrogen and oxygen atoms in total. The molecule has 1 aromatic heterocycles. The summed E-state index contributed by atoms with van der Waals surface area (Å²) in [6, 6.07) is 6.19. The molecule has 4 unspecified atom stereocenters. The molecule has 3 amide bonds. The molecule has 36 heavy (non-hydrogen) atoms. The molecule has 2 aromatic rings. The van der Waals surface area contributed by atoms with Crippen LogP contribution in [-0.4, -0.2) is 59.4 Å². The standard InChI is InChI=1S/C28H32N4O4/c1-16-3-2-4-18-12-24(36-25(16)18)28(35)32-10-8-17-11-20(6-5-19(17)15-32)31-27(34)23-14-29-13-22-21(23)7-9-30-26(22)33/h2-4,13-14,17,19-20,24H,5-12,15H2,1H3,(H,30,33)(H,31,34). The van der Waals surface area contributed by atoms with E-state index >= 15 is 0 Å². The molecule has 8 heteroatoms. The Balaban J connectivity index is 1.05. The number of aryl methyl sites for hydroxylation is 1. The number of benzene rings is 1. The molecular weight excluding hydrogens is 456 g/mol. The summed E-state index contributed by atoms with van der Waals surface area (Å²) in [5.41, 5.74) is 4.00. The number of fused-ring (bicyclic) bond motifs is 3. The zero-order valence-corrected chi connectivity index (χ0v) is 20.6. The maximum absolute atomic E-state index is 13.3. The Morgan fingerprint density at radius 2 is 2.06 bits per heavy atom. The average molecular weight is 489 g/mol. The van der Waals surface area contributed by atoms with E-state index in [4.69, 9.17) is 4.74 Å². The Morgan fingerprint density at radius 1 is 1.17 bits per heavy atom. The summed E-state index contributed by atoms with van der Waals surface area (Å²) in [4.78, 5) is 44.6. The van der Waals surface area contributed by atoms with Gasteiger partial charge < -0.3 is 20.3 Å². The summed E-state index contributed by atoms with van der Waals surface area (Å²) >= 11 is 0. The number of hydrogen-bond donors (Lipinski definition) is 2. The van der Waals surface area contributed by atoms with Gasteiger partial charge in [0, 0.05) is 44.5 Å². The van der Waals surface area contributed by atoms with Crippen LogP contribution in [0.4, 0.5) is 0 Å². The molecule has 4 heterocycles. The highest BCUT2D eigenvalue weighted by Gasteiger charge is 2.40. The molecule has 6 rings (SSSR count). The minimum atomic E-state index is -0.416. The molecule has 1 saturated carbocycles. The first-order valence-electron chi connectivity index (χ1n) is 13.1. The number of amides is 3. The SMILES string of the molecule is Cc1cccc2c1OC(C(=O)N1CCC3CC(NC(=O)c4cncc5c4CCNC5=O)CCC3C1)C2. The van der Waals surface area contributed by atoms with Crippen LogP contribution in [-0.2, 0) is 17.6 Å². The van der Waals surface area contributed by atoms with Gasteiger partial charge >= 0.3 is 0 Å². The summed E-state index contributed by atoms with van der Waals surface area (Å²) in [6.45, 7) is 4.07. The fourth-order valence-electron chi connectivity index (χ4n) is 6.52. The third-order valence-electron chi connectivity index (χ3n) is 8.45. The van der Waals surface area contributed by atoms with Crippen molar-refractivity contribution in [1.29, 1.82) is 0 Å². The van der Waals surface area contributed by atoms with Crippen molar-refractivity contribution in [2.45, 2.75) is 57.6 Å². The Morgan fingerprint density at radius 3 is 2.92 bits per heavy atom. The number of carbonyl (C=O) groups is 3. The Hall–Kier alpha value is -3.42. The van der Waals surface area contributed by atoms with Crippen molar-refractivity contribution in [3.05, 3.63) is 58.4 Å². The van der Waals surface area contributed by atoms with Crippen LogP contribution < -0.4 is 15.4 Å². The lowest BCUT2D eigenvalue weighted by Gasteiger charge is -2.44. The average Bonchev–Trinajstić information content (AvgIpc) is 3.34. The van der Waals surface area contributed by atoms with Crippen LogP contribution in [0.3, 0.4) is 0 Å². The molecule has 0 spiro atoms. The number of piperidine rings is 1. The fourth-order valence-corrected chi connectivity index (χ4v) is 6.52. The highest BCUT2D eigenvalue weighted by atomic mass is 16.5. The van der Waals surface area contributed by atoms with E-state index in [1.54, 1.807) is 6.20 Å². The fraction of sp³-hybridized carbons (Fsp3) is 0.500. The lowest BCUT2D eigenvalue weighted by molar-refractivity contribution is -0.141. The normalized spacial score (nSPS) is 26.7. The maximum atomic E-state index is 13.3. The van der Waals surface area contributed by atoms with Gasteiger partial charge in [-0.2, -0.15) is 0 Å². The van der Waals surface area contributed by atoms with Gasteiger partial charge in [0.2, 0.25) is 0 Å². The van der Waals surface area contributed by atoms with Gasteiger partial charge in [-0.1, -0.05) is 18.2 Å². The molecule has 0 bridgehead atoms. The second-order valence-electron chi connectivity index (χ2n) is 10.7. The van der Waals surface area contributed by atoms with Crippen molar-refractivity contribution < 1.29 is 19.1 Å². The van der Waals surface area contributed by atoms with Gasteiger partial charge in [-0.25, -0.2) is 0 Å². The highest BCUT2D eigenvalue weighted by molar-refractivity contribution is 6.02. The predicted molar refractivity (Wildman–Crippen MR) is 133 cm³/mol. The Bertz CT molecular complexity index is 1230. The second kappa shape index (κ2) is 9.22. The van der Waals surface area contributed by atoms with Crippen molar-refractivity contribution >= 4 is 17.7 Å². The van der Waals surface area contributed by atoms with Crippen molar-refractivity contribution in [3.8, 4) is 5.75 Å². The van der Waals surface area contributed by atoms with Crippen LogP contribution in [0, 0.1) is 18.8 Å². The third-order valence-corrected chi connectivity index (χ3v) is 8.45. The van der Waals surface area contributed by atoms with E-state index in [1.807, 2.05) is 30.0 Å². The summed E-state index contributed by atoms with van der Waals surface area (Å²) in [6.07, 6.45) is 7.73. The van der Waals surface area contributed by atoms with Gasteiger partial charge in [0.1, 0.15) is 5.75 Å². The van der Waals surface area contributed by atoms with Crippen molar-refractivity contribution in [1.82, 2.24) is 20.5 Å². The first kappa shape index (κ1) is 23.0. The van der Waals surface area contributed by atoms with Gasteiger partial charge in [0.05, 0.1) is 11.1 Å². The van der Waals surface area contributed by atoms with E-state index in [1.165, 1.54) is 6.20 Å². The van der Waals surface area contributed by atoms with Crippen LogP contribution in [0.5, 0.6) is 5.75 Å². The second-order valence-corrected chi connectivity index (χ2v) is 10.7. The third kappa shape index (κ3) is 4.12. The number of nitrogens with zero attached hydrogens (tertiary/aromatic N) is 2. The van der Waals surface area contributed by atoms with E-state index in [-0.39, 0.29) is 23.8 Å². The largest absolute Gasteiger partial charge is 0.480 e. The smallest absolute Gasteiger partial charge is 0.264 e. The quantitative estimate of drug-likeness (QED) is 0.691. The van der Waals surface area contributed by atoms with Crippen LogP contribution in [0.25, 0.3) is 0 Å². The lowest BCUT2D eigenvalue weighted by atomic mass is 9.73. The number of carbonyl (C=O) groups excluding carboxylic acids is 3. The number of hydrogen-bond acceptors (Lipinski definition) is 5. The van der Waals surface area contributed by atoms with Gasteiger partial charge in [0.25, 0.3) is 17.7 Å². The van der Waals surface area contributed by atoms with Gasteiger partial charge in [-0.3, -0.25) is 19.4 Å². The van der Waals surface area contributed by atoms with E-state index in [2.05, 4.69) is 15.6 Å². The van der Waals surface area contributed by atoms with Crippen molar-refractivity contribution in [3.63, 3.8) is 0 Å². The van der Waals surface area contributed by atoms with E-state index < -0.39 is 6.10 Å². The van der Waals surface area contributed by atoms with Crippen LogP contribution in [0.1, 0.15) is 63.1 Å². The van der Waals surface area contributed by atoms with Crippen LogP contribution in [0.2, 0.25) is 0 Å². The summed E-state index contributed by atoms with van der Waals surface area (Å²) in [7, 11) is 0. The molecule has 1 aromatic carbocycles. The highest BCUT2D eigenvalue weighted by Crippen LogP contribution is 2.38. The molecule has 1 aliphatic carbocycles. The van der Waals surface area contributed by atoms with Crippen molar-refractivity contribution in [2.75, 3.05) is 19.6 Å². The minimum Gasteiger partial charge on any atom is -0.480 e. The molecule has 2 N–H and O–H groups in total. The number of ether oxygens (including phenoxy) is 1. The number of aromatic nitrogens is 1. The molecule has 0 radical (unpaired) electrons. The van der Waals surface area contributed by atoms with Gasteiger partial charge in [-0.15, -0.1) is 0 Å². The van der Waals surface area contributed by atoms with Crippen LogP contribution in [0.15, 0.2) is 30.6 Å². The number of likely N-dealkylation sites (tertiary alicyclic amines) is 1. The molecular formula is C28H32N4O4. The lowest BCUT2D eigenvalue weighted by Crippen LogP contribution is -2.52. The minimum absolute atomic E-state index is 0.102. The van der Waals surface area contributed by atoms with E-state index in [9.17, 15) is 14.4 Å². The van der Waals surface area contributed by atoms with E-state index in [0.29, 0.717) is 42.3 Å². The number of nitrogens with one attached hydrogen (secondary N) is 2. The summed E-state index contributed by atoms with van der Waals surface area (Å²) < 4.78 is 6.07.